The SMILES string of the molecule is O=[N+]([O-])c1ccc(OCc2ccc(C3=NCCCN3)cc2)cc1. The lowest BCUT2D eigenvalue weighted by molar-refractivity contribution is -0.384. The maximum Gasteiger partial charge on any atom is 0.269 e. The molecule has 6 heteroatoms. The van der Waals surface area contributed by atoms with Gasteiger partial charge in [-0.1, -0.05) is 24.3 Å². The number of aliphatic imine (C=N–C) groups is 1. The molecule has 0 fully saturated rings. The number of amidine groups is 1. The second-order valence-corrected chi connectivity index (χ2v) is 5.25. The molecule has 0 amide bonds. The van der Waals surface area contributed by atoms with Crippen molar-refractivity contribution in [2.24, 2.45) is 4.99 Å². The zero-order chi connectivity index (χ0) is 16.1. The Balaban J connectivity index is 1.60. The third-order valence-corrected chi connectivity index (χ3v) is 3.58. The smallest absolute Gasteiger partial charge is 0.269 e. The molecule has 0 saturated carbocycles. The van der Waals surface area contributed by atoms with Crippen molar-refractivity contribution in [2.45, 2.75) is 13.0 Å². The normalized spacial score (nSPS) is 13.8. The summed E-state index contributed by atoms with van der Waals surface area (Å²) in [5.41, 5.74) is 2.16. The molecular weight excluding hydrogens is 294 g/mol. The van der Waals surface area contributed by atoms with Crippen LogP contribution in [0.5, 0.6) is 5.75 Å². The van der Waals surface area contributed by atoms with Gasteiger partial charge >= 0.3 is 0 Å². The maximum absolute atomic E-state index is 10.6. The second kappa shape index (κ2) is 6.91. The number of hydrogen-bond donors (Lipinski definition) is 1. The second-order valence-electron chi connectivity index (χ2n) is 5.25. The van der Waals surface area contributed by atoms with Gasteiger partial charge in [-0.15, -0.1) is 0 Å². The number of hydrogen-bond acceptors (Lipinski definition) is 5. The Kier molecular flexibility index (Phi) is 4.52. The van der Waals surface area contributed by atoms with Crippen LogP contribution in [0.1, 0.15) is 17.5 Å². The summed E-state index contributed by atoms with van der Waals surface area (Å²) in [6.45, 7) is 2.25. The van der Waals surface area contributed by atoms with E-state index in [9.17, 15) is 10.1 Å². The first-order valence-electron chi connectivity index (χ1n) is 7.47. The third-order valence-electron chi connectivity index (χ3n) is 3.58. The largest absolute Gasteiger partial charge is 0.489 e. The van der Waals surface area contributed by atoms with Crippen molar-refractivity contribution in [2.75, 3.05) is 13.1 Å². The Morgan fingerprint density at radius 3 is 2.48 bits per heavy atom. The highest BCUT2D eigenvalue weighted by molar-refractivity contribution is 5.99. The van der Waals surface area contributed by atoms with E-state index in [0.29, 0.717) is 12.4 Å². The highest BCUT2D eigenvalue weighted by Crippen LogP contribution is 2.18. The highest BCUT2D eigenvalue weighted by Gasteiger charge is 2.07. The quantitative estimate of drug-likeness (QED) is 0.680. The van der Waals surface area contributed by atoms with E-state index in [2.05, 4.69) is 10.3 Å². The number of ether oxygens (including phenoxy) is 1. The minimum atomic E-state index is -0.426. The van der Waals surface area contributed by atoms with Crippen molar-refractivity contribution in [1.82, 2.24) is 5.32 Å². The molecule has 0 bridgehead atoms. The van der Waals surface area contributed by atoms with E-state index in [-0.39, 0.29) is 5.69 Å². The minimum Gasteiger partial charge on any atom is -0.489 e. The molecule has 0 aliphatic carbocycles. The van der Waals surface area contributed by atoms with E-state index in [1.54, 1.807) is 12.1 Å². The number of benzene rings is 2. The Morgan fingerprint density at radius 1 is 1.13 bits per heavy atom. The third kappa shape index (κ3) is 3.85. The molecule has 2 aromatic carbocycles. The molecule has 6 nitrogen and oxygen atoms in total. The summed E-state index contributed by atoms with van der Waals surface area (Å²) in [5, 5.41) is 13.9. The van der Waals surface area contributed by atoms with Crippen LogP contribution in [0.15, 0.2) is 53.5 Å². The van der Waals surface area contributed by atoms with Crippen molar-refractivity contribution in [3.8, 4) is 5.75 Å². The van der Waals surface area contributed by atoms with Gasteiger partial charge in [-0.25, -0.2) is 0 Å². The van der Waals surface area contributed by atoms with Gasteiger partial charge in [0.2, 0.25) is 0 Å². The first-order valence-corrected chi connectivity index (χ1v) is 7.47. The van der Waals surface area contributed by atoms with Gasteiger partial charge < -0.3 is 10.1 Å². The highest BCUT2D eigenvalue weighted by atomic mass is 16.6. The van der Waals surface area contributed by atoms with E-state index in [4.69, 9.17) is 4.74 Å². The summed E-state index contributed by atoms with van der Waals surface area (Å²) in [6.07, 6.45) is 1.07. The summed E-state index contributed by atoms with van der Waals surface area (Å²) >= 11 is 0. The lowest BCUT2D eigenvalue weighted by Crippen LogP contribution is -2.30. The predicted molar refractivity (Wildman–Crippen MR) is 87.9 cm³/mol. The summed E-state index contributed by atoms with van der Waals surface area (Å²) in [6, 6.07) is 14.1. The molecule has 1 aliphatic heterocycles. The fourth-order valence-electron chi connectivity index (χ4n) is 2.32. The number of rotatable bonds is 5. The number of nitro groups is 1. The first kappa shape index (κ1) is 15.0. The van der Waals surface area contributed by atoms with Crippen molar-refractivity contribution < 1.29 is 9.66 Å². The van der Waals surface area contributed by atoms with Crippen LogP contribution in [0.25, 0.3) is 0 Å². The van der Waals surface area contributed by atoms with Gasteiger partial charge in [0.25, 0.3) is 5.69 Å². The predicted octanol–water partition coefficient (Wildman–Crippen LogP) is 2.91. The molecule has 0 unspecified atom stereocenters. The number of nitrogens with zero attached hydrogens (tertiary/aromatic N) is 2. The average molecular weight is 311 g/mol. The van der Waals surface area contributed by atoms with Crippen LogP contribution in [0.2, 0.25) is 0 Å². The Bertz CT molecular complexity index is 709. The summed E-state index contributed by atoms with van der Waals surface area (Å²) in [4.78, 5) is 14.6. The fraction of sp³-hybridized carbons (Fsp3) is 0.235. The monoisotopic (exact) mass is 311 g/mol. The van der Waals surface area contributed by atoms with Gasteiger partial charge in [0.1, 0.15) is 18.2 Å². The molecule has 118 valence electrons. The summed E-state index contributed by atoms with van der Waals surface area (Å²) in [5.74, 6) is 1.55. The minimum absolute atomic E-state index is 0.0578. The van der Waals surface area contributed by atoms with Gasteiger partial charge in [-0.05, 0) is 24.1 Å². The van der Waals surface area contributed by atoms with E-state index in [0.717, 1.165) is 36.5 Å². The molecule has 1 N–H and O–H groups in total. The Morgan fingerprint density at radius 2 is 1.87 bits per heavy atom. The van der Waals surface area contributed by atoms with Crippen LogP contribution in [0.4, 0.5) is 5.69 Å². The van der Waals surface area contributed by atoms with Crippen LogP contribution < -0.4 is 10.1 Å². The molecule has 2 aromatic rings. The van der Waals surface area contributed by atoms with E-state index in [1.165, 1.54) is 12.1 Å². The van der Waals surface area contributed by atoms with E-state index >= 15 is 0 Å². The standard InChI is InChI=1S/C17H17N3O3/c21-20(22)15-6-8-16(9-7-15)23-12-13-2-4-14(5-3-13)17-18-10-1-11-19-17/h2-9H,1,10-12H2,(H,18,19). The van der Waals surface area contributed by atoms with E-state index in [1.807, 2.05) is 24.3 Å². The van der Waals surface area contributed by atoms with Gasteiger partial charge in [-0.2, -0.15) is 0 Å². The zero-order valence-electron chi connectivity index (χ0n) is 12.6. The van der Waals surface area contributed by atoms with Gasteiger partial charge in [0, 0.05) is 30.8 Å². The lowest BCUT2D eigenvalue weighted by atomic mass is 10.1. The van der Waals surface area contributed by atoms with Gasteiger partial charge in [0.05, 0.1) is 4.92 Å². The first-order chi connectivity index (χ1) is 11.2. The Labute approximate surface area is 134 Å². The maximum atomic E-state index is 10.6. The Hall–Kier alpha value is -2.89. The molecule has 1 heterocycles. The molecule has 0 saturated heterocycles. The lowest BCUT2D eigenvalue weighted by Gasteiger charge is -2.15. The van der Waals surface area contributed by atoms with Crippen molar-refractivity contribution in [3.05, 3.63) is 69.8 Å². The summed E-state index contributed by atoms with van der Waals surface area (Å²) in [7, 11) is 0. The van der Waals surface area contributed by atoms with Gasteiger partial charge in [-0.3, -0.25) is 15.1 Å². The molecule has 0 aromatic heterocycles. The van der Waals surface area contributed by atoms with Crippen LogP contribution in [-0.2, 0) is 6.61 Å². The van der Waals surface area contributed by atoms with Crippen molar-refractivity contribution in [3.63, 3.8) is 0 Å². The van der Waals surface area contributed by atoms with Crippen molar-refractivity contribution in [1.29, 1.82) is 0 Å². The molecule has 3 rings (SSSR count). The van der Waals surface area contributed by atoms with E-state index < -0.39 is 4.92 Å². The summed E-state index contributed by atoms with van der Waals surface area (Å²) < 4.78 is 5.64. The van der Waals surface area contributed by atoms with Crippen LogP contribution >= 0.6 is 0 Å². The van der Waals surface area contributed by atoms with Gasteiger partial charge in [0.15, 0.2) is 0 Å². The molecule has 0 spiro atoms. The average Bonchev–Trinajstić information content (AvgIpc) is 2.61. The molecule has 0 radical (unpaired) electrons. The van der Waals surface area contributed by atoms with Crippen LogP contribution in [0, 0.1) is 10.1 Å². The molecule has 23 heavy (non-hydrogen) atoms. The van der Waals surface area contributed by atoms with Crippen LogP contribution in [-0.4, -0.2) is 23.8 Å². The number of nitrogens with one attached hydrogen (secondary N) is 1. The topological polar surface area (TPSA) is 76.8 Å². The van der Waals surface area contributed by atoms with Crippen LogP contribution in [0.3, 0.4) is 0 Å². The molecule has 0 atom stereocenters. The number of non-ortho nitro benzene ring substituents is 1. The van der Waals surface area contributed by atoms with Crippen molar-refractivity contribution >= 4 is 11.5 Å². The molecule has 1 aliphatic rings. The zero-order valence-corrected chi connectivity index (χ0v) is 12.6. The fourth-order valence-corrected chi connectivity index (χ4v) is 2.32. The number of nitro benzene ring substituents is 1. The molecular formula is C17H17N3O3.